The summed E-state index contributed by atoms with van der Waals surface area (Å²) >= 11 is 0. The molecule has 2 aromatic carbocycles. The molecule has 4 heteroatoms. The lowest BCUT2D eigenvalue weighted by Gasteiger charge is -2.22. The second-order valence-corrected chi connectivity index (χ2v) is 6.94. The highest BCUT2D eigenvalue weighted by Gasteiger charge is 2.24. The van der Waals surface area contributed by atoms with Crippen LogP contribution in [0.5, 0.6) is 11.5 Å². The maximum Gasteiger partial charge on any atom is 0.217 e. The van der Waals surface area contributed by atoms with Crippen molar-refractivity contribution < 1.29 is 15.0 Å². The Morgan fingerprint density at radius 1 is 0.846 bits per heavy atom. The van der Waals surface area contributed by atoms with E-state index in [1.807, 2.05) is 24.3 Å². The van der Waals surface area contributed by atoms with Crippen LogP contribution < -0.4 is 5.73 Å². The molecular weight excluding hydrogens is 326 g/mol. The fraction of sp³-hybridized carbons (Fsp3) is 0.318. The first-order valence-electron chi connectivity index (χ1n) is 9.15. The van der Waals surface area contributed by atoms with E-state index in [0.29, 0.717) is 18.8 Å². The summed E-state index contributed by atoms with van der Waals surface area (Å²) in [7, 11) is 0. The molecule has 4 N–H and O–H groups in total. The Kier molecular flexibility index (Phi) is 5.61. The Labute approximate surface area is 154 Å². The first kappa shape index (κ1) is 18.1. The predicted octanol–water partition coefficient (Wildman–Crippen LogP) is 4.36. The van der Waals surface area contributed by atoms with Gasteiger partial charge in [0.05, 0.1) is 0 Å². The molecule has 0 spiro atoms. The summed E-state index contributed by atoms with van der Waals surface area (Å²) in [5.41, 5.74) is 9.76. The summed E-state index contributed by atoms with van der Waals surface area (Å²) in [6.07, 6.45) is 5.59. The van der Waals surface area contributed by atoms with Crippen molar-refractivity contribution in [3.8, 4) is 11.5 Å². The SMILES string of the molecule is NC(=O)CCC(=C(c1ccc(O)cc1)c1ccc(O)cc1)C1CCCC1. The monoisotopic (exact) mass is 351 g/mol. The van der Waals surface area contributed by atoms with E-state index in [1.54, 1.807) is 24.3 Å². The van der Waals surface area contributed by atoms with Gasteiger partial charge in [0, 0.05) is 6.42 Å². The minimum absolute atomic E-state index is 0.221. The summed E-state index contributed by atoms with van der Waals surface area (Å²) in [6, 6.07) is 14.3. The first-order valence-corrected chi connectivity index (χ1v) is 9.15. The molecule has 4 nitrogen and oxygen atoms in total. The van der Waals surface area contributed by atoms with Crippen LogP contribution >= 0.6 is 0 Å². The normalized spacial score (nSPS) is 14.3. The van der Waals surface area contributed by atoms with Crippen molar-refractivity contribution in [1.29, 1.82) is 0 Å². The van der Waals surface area contributed by atoms with Gasteiger partial charge in [-0.15, -0.1) is 0 Å². The Balaban J connectivity index is 2.15. The fourth-order valence-electron chi connectivity index (χ4n) is 3.86. The molecule has 0 radical (unpaired) electrons. The van der Waals surface area contributed by atoms with Crippen LogP contribution in [0.2, 0.25) is 0 Å². The molecule has 0 saturated heterocycles. The number of carbonyl (C=O) groups excluding carboxylic acids is 1. The number of aromatic hydroxyl groups is 2. The Morgan fingerprint density at radius 3 is 1.73 bits per heavy atom. The molecule has 136 valence electrons. The number of benzene rings is 2. The third-order valence-corrected chi connectivity index (χ3v) is 5.12. The number of carbonyl (C=O) groups is 1. The van der Waals surface area contributed by atoms with Gasteiger partial charge in [0.25, 0.3) is 0 Å². The minimum Gasteiger partial charge on any atom is -0.508 e. The minimum atomic E-state index is -0.295. The zero-order valence-corrected chi connectivity index (χ0v) is 14.8. The van der Waals surface area contributed by atoms with Crippen LogP contribution in [-0.4, -0.2) is 16.1 Å². The van der Waals surface area contributed by atoms with Crippen LogP contribution in [-0.2, 0) is 4.79 Å². The van der Waals surface area contributed by atoms with Crippen LogP contribution in [0, 0.1) is 5.92 Å². The van der Waals surface area contributed by atoms with Crippen LogP contribution in [0.4, 0.5) is 0 Å². The van der Waals surface area contributed by atoms with E-state index < -0.39 is 0 Å². The number of rotatable bonds is 6. The van der Waals surface area contributed by atoms with Crippen LogP contribution in [0.3, 0.4) is 0 Å². The maximum atomic E-state index is 11.4. The molecule has 3 rings (SSSR count). The number of nitrogens with two attached hydrogens (primary N) is 1. The molecule has 0 bridgehead atoms. The summed E-state index contributed by atoms with van der Waals surface area (Å²) in [5, 5.41) is 19.3. The lowest BCUT2D eigenvalue weighted by molar-refractivity contribution is -0.118. The number of phenols is 2. The smallest absolute Gasteiger partial charge is 0.217 e. The molecule has 0 aromatic heterocycles. The van der Waals surface area contributed by atoms with Gasteiger partial charge in [-0.1, -0.05) is 42.7 Å². The van der Waals surface area contributed by atoms with Crippen LogP contribution in [0.15, 0.2) is 54.1 Å². The average molecular weight is 351 g/mol. The highest BCUT2D eigenvalue weighted by Crippen LogP contribution is 2.40. The van der Waals surface area contributed by atoms with Crippen molar-refractivity contribution in [3.63, 3.8) is 0 Å². The number of primary amides is 1. The molecule has 1 amide bonds. The predicted molar refractivity (Wildman–Crippen MR) is 103 cm³/mol. The number of hydrogen-bond donors (Lipinski definition) is 3. The molecule has 1 aliphatic carbocycles. The van der Waals surface area contributed by atoms with Gasteiger partial charge in [0.1, 0.15) is 11.5 Å². The van der Waals surface area contributed by atoms with E-state index in [9.17, 15) is 15.0 Å². The molecule has 0 atom stereocenters. The molecule has 0 heterocycles. The van der Waals surface area contributed by atoms with Crippen molar-refractivity contribution in [2.24, 2.45) is 11.7 Å². The van der Waals surface area contributed by atoms with E-state index in [2.05, 4.69) is 0 Å². The van der Waals surface area contributed by atoms with Crippen molar-refractivity contribution >= 4 is 11.5 Å². The summed E-state index contributed by atoms with van der Waals surface area (Å²) in [6.45, 7) is 0. The maximum absolute atomic E-state index is 11.4. The zero-order valence-electron chi connectivity index (χ0n) is 14.8. The van der Waals surface area contributed by atoms with Gasteiger partial charge >= 0.3 is 0 Å². The zero-order chi connectivity index (χ0) is 18.5. The molecule has 1 saturated carbocycles. The van der Waals surface area contributed by atoms with Gasteiger partial charge in [0.2, 0.25) is 5.91 Å². The van der Waals surface area contributed by atoms with Gasteiger partial charge in [-0.3, -0.25) is 4.79 Å². The van der Waals surface area contributed by atoms with E-state index >= 15 is 0 Å². The number of phenolic OH excluding ortho intramolecular Hbond substituents is 2. The highest BCUT2D eigenvalue weighted by atomic mass is 16.3. The Bertz CT molecular complexity index is 738. The first-order chi connectivity index (χ1) is 12.5. The molecule has 0 aliphatic heterocycles. The highest BCUT2D eigenvalue weighted by molar-refractivity contribution is 5.83. The second kappa shape index (κ2) is 8.09. The van der Waals surface area contributed by atoms with Crippen molar-refractivity contribution in [2.45, 2.75) is 38.5 Å². The average Bonchev–Trinajstić information content (AvgIpc) is 3.15. The van der Waals surface area contributed by atoms with Gasteiger partial charge in [0.15, 0.2) is 0 Å². The van der Waals surface area contributed by atoms with Gasteiger partial charge in [-0.2, -0.15) is 0 Å². The van der Waals surface area contributed by atoms with Crippen molar-refractivity contribution in [2.75, 3.05) is 0 Å². The standard InChI is InChI=1S/C22H25NO3/c23-21(26)14-13-20(15-3-1-2-4-15)22(16-5-9-18(24)10-6-16)17-7-11-19(25)12-8-17/h5-12,15,24-25H,1-4,13-14H2,(H2,23,26). The van der Waals surface area contributed by atoms with E-state index in [0.717, 1.165) is 29.5 Å². The van der Waals surface area contributed by atoms with E-state index in [1.165, 1.54) is 18.4 Å². The largest absolute Gasteiger partial charge is 0.508 e. The number of amides is 1. The summed E-state index contributed by atoms with van der Waals surface area (Å²) in [4.78, 5) is 11.4. The fourth-order valence-corrected chi connectivity index (χ4v) is 3.86. The third-order valence-electron chi connectivity index (χ3n) is 5.12. The molecular formula is C22H25NO3. The molecule has 1 aliphatic rings. The summed E-state index contributed by atoms with van der Waals surface area (Å²) in [5.74, 6) is 0.583. The quantitative estimate of drug-likeness (QED) is 0.723. The van der Waals surface area contributed by atoms with E-state index in [-0.39, 0.29) is 17.4 Å². The van der Waals surface area contributed by atoms with Gasteiger partial charge in [-0.25, -0.2) is 0 Å². The van der Waals surface area contributed by atoms with Crippen molar-refractivity contribution in [3.05, 3.63) is 65.2 Å². The molecule has 1 fully saturated rings. The third kappa shape index (κ3) is 4.26. The molecule has 26 heavy (non-hydrogen) atoms. The van der Waals surface area contributed by atoms with Crippen LogP contribution in [0.25, 0.3) is 5.57 Å². The Hall–Kier alpha value is -2.75. The lowest BCUT2D eigenvalue weighted by atomic mass is 9.83. The summed E-state index contributed by atoms with van der Waals surface area (Å²) < 4.78 is 0. The molecule has 2 aromatic rings. The Morgan fingerprint density at radius 2 is 1.31 bits per heavy atom. The van der Waals surface area contributed by atoms with E-state index in [4.69, 9.17) is 5.73 Å². The van der Waals surface area contributed by atoms with Crippen molar-refractivity contribution in [1.82, 2.24) is 0 Å². The number of hydrogen-bond acceptors (Lipinski definition) is 3. The number of allylic oxidation sites excluding steroid dienone is 1. The van der Waals surface area contributed by atoms with Gasteiger partial charge < -0.3 is 15.9 Å². The van der Waals surface area contributed by atoms with Gasteiger partial charge in [-0.05, 0) is 66.1 Å². The topological polar surface area (TPSA) is 83.6 Å². The molecule has 0 unspecified atom stereocenters. The second-order valence-electron chi connectivity index (χ2n) is 6.94. The lowest BCUT2D eigenvalue weighted by Crippen LogP contribution is -2.13. The van der Waals surface area contributed by atoms with Crippen LogP contribution in [0.1, 0.15) is 49.7 Å².